The molecule has 20 heavy (non-hydrogen) atoms. The molecule has 1 aromatic carbocycles. The third kappa shape index (κ3) is 2.72. The number of sulfonamides is 1. The average molecular weight is 312 g/mol. The van der Waals surface area contributed by atoms with E-state index in [0.717, 1.165) is 17.0 Å². The van der Waals surface area contributed by atoms with Gasteiger partial charge in [0.15, 0.2) is 0 Å². The van der Waals surface area contributed by atoms with E-state index in [1.165, 1.54) is 4.31 Å². The molecule has 1 aromatic heterocycles. The third-order valence-corrected chi connectivity index (χ3v) is 5.44. The Labute approximate surface area is 122 Å². The summed E-state index contributed by atoms with van der Waals surface area (Å²) in [7, 11) is -3.33. The number of hydrogen-bond acceptors (Lipinski definition) is 3. The third-order valence-electron chi connectivity index (χ3n) is 3.40. The van der Waals surface area contributed by atoms with Crippen molar-refractivity contribution >= 4 is 21.6 Å². The zero-order valence-corrected chi connectivity index (χ0v) is 12.3. The summed E-state index contributed by atoms with van der Waals surface area (Å²) in [5, 5.41) is 0.603. The molecule has 2 aromatic rings. The highest BCUT2D eigenvalue weighted by Gasteiger charge is 2.28. The highest BCUT2D eigenvalue weighted by atomic mass is 35.5. The lowest BCUT2D eigenvalue weighted by Crippen LogP contribution is -2.36. The van der Waals surface area contributed by atoms with Gasteiger partial charge in [0.2, 0.25) is 10.0 Å². The predicted octanol–water partition coefficient (Wildman–Crippen LogP) is 1.95. The van der Waals surface area contributed by atoms with Crippen molar-refractivity contribution in [3.8, 4) is 0 Å². The fourth-order valence-corrected chi connectivity index (χ4v) is 3.93. The summed E-state index contributed by atoms with van der Waals surface area (Å²) < 4.78 is 26.4. The summed E-state index contributed by atoms with van der Waals surface area (Å²) in [5.41, 5.74) is 2.59. The monoisotopic (exact) mass is 311 g/mol. The lowest BCUT2D eigenvalue weighted by atomic mass is 10.2. The van der Waals surface area contributed by atoms with E-state index in [-0.39, 0.29) is 5.75 Å². The van der Waals surface area contributed by atoms with Gasteiger partial charge < -0.3 is 4.98 Å². The fraction of sp³-hybridized carbons (Fsp3) is 0.308. The van der Waals surface area contributed by atoms with Gasteiger partial charge in [-0.1, -0.05) is 23.7 Å². The maximum absolute atomic E-state index is 12.4. The number of imidazole rings is 1. The predicted molar refractivity (Wildman–Crippen MR) is 76.8 cm³/mol. The van der Waals surface area contributed by atoms with Crippen molar-refractivity contribution in [1.82, 2.24) is 14.3 Å². The van der Waals surface area contributed by atoms with Crippen LogP contribution in [0.4, 0.5) is 0 Å². The van der Waals surface area contributed by atoms with Gasteiger partial charge in [-0.25, -0.2) is 13.4 Å². The molecule has 7 heteroatoms. The van der Waals surface area contributed by atoms with Crippen LogP contribution in [0.1, 0.15) is 17.0 Å². The van der Waals surface area contributed by atoms with Gasteiger partial charge in [-0.05, 0) is 17.7 Å². The number of benzene rings is 1. The molecule has 3 rings (SSSR count). The van der Waals surface area contributed by atoms with Crippen LogP contribution in [-0.2, 0) is 28.7 Å². The fourth-order valence-electron chi connectivity index (χ4n) is 2.31. The number of aromatic nitrogens is 2. The minimum absolute atomic E-state index is 0.00631. The standard InChI is InChI=1S/C13H14ClN3O2S/c14-11-3-1-10(2-4-11)8-20(18,19)17-6-5-12-13(7-17)16-9-15-12/h1-4,9H,5-8H2,(H,15,16). The molecular formula is C13H14ClN3O2S. The van der Waals surface area contributed by atoms with Crippen molar-refractivity contribution in [1.29, 1.82) is 0 Å². The number of fused-ring (bicyclic) bond motifs is 1. The van der Waals surface area contributed by atoms with E-state index in [2.05, 4.69) is 9.97 Å². The maximum Gasteiger partial charge on any atom is 0.218 e. The number of hydrogen-bond donors (Lipinski definition) is 1. The number of rotatable bonds is 3. The molecule has 0 saturated carbocycles. The van der Waals surface area contributed by atoms with Crippen molar-refractivity contribution in [2.75, 3.05) is 6.54 Å². The van der Waals surface area contributed by atoms with E-state index >= 15 is 0 Å². The Bertz CT molecular complexity index is 709. The molecule has 1 aliphatic rings. The van der Waals surface area contributed by atoms with Crippen LogP contribution >= 0.6 is 11.6 Å². The Morgan fingerprint density at radius 1 is 1.30 bits per heavy atom. The largest absolute Gasteiger partial charge is 0.347 e. The van der Waals surface area contributed by atoms with Gasteiger partial charge in [0, 0.05) is 18.0 Å². The van der Waals surface area contributed by atoms with E-state index in [1.807, 2.05) is 0 Å². The van der Waals surface area contributed by atoms with Crippen molar-refractivity contribution in [2.24, 2.45) is 0 Å². The number of halogens is 1. The summed E-state index contributed by atoms with van der Waals surface area (Å²) in [5.74, 6) is -0.00631. The summed E-state index contributed by atoms with van der Waals surface area (Å²) in [6.45, 7) is 0.846. The van der Waals surface area contributed by atoms with E-state index < -0.39 is 10.0 Å². The molecular weight excluding hydrogens is 298 g/mol. The second-order valence-corrected chi connectivity index (χ2v) is 7.20. The first-order valence-electron chi connectivity index (χ1n) is 6.28. The summed E-state index contributed by atoms with van der Waals surface area (Å²) in [6, 6.07) is 6.89. The lowest BCUT2D eigenvalue weighted by Gasteiger charge is -2.25. The Morgan fingerprint density at radius 3 is 2.80 bits per heavy atom. The van der Waals surface area contributed by atoms with Crippen molar-refractivity contribution < 1.29 is 8.42 Å². The van der Waals surface area contributed by atoms with E-state index in [9.17, 15) is 8.42 Å². The number of H-pyrrole nitrogens is 1. The Morgan fingerprint density at radius 2 is 2.05 bits per heavy atom. The van der Waals surface area contributed by atoms with Crippen LogP contribution in [0.15, 0.2) is 30.6 Å². The molecule has 0 atom stereocenters. The van der Waals surface area contributed by atoms with Crippen LogP contribution in [0.2, 0.25) is 5.02 Å². The molecule has 5 nitrogen and oxygen atoms in total. The molecule has 1 aliphatic heterocycles. The zero-order valence-electron chi connectivity index (χ0n) is 10.7. The van der Waals surface area contributed by atoms with Crippen molar-refractivity contribution in [3.63, 3.8) is 0 Å². The van der Waals surface area contributed by atoms with Gasteiger partial charge >= 0.3 is 0 Å². The average Bonchev–Trinajstić information content (AvgIpc) is 2.88. The second-order valence-electron chi connectivity index (χ2n) is 4.79. The first kappa shape index (κ1) is 13.6. The first-order valence-corrected chi connectivity index (χ1v) is 8.27. The quantitative estimate of drug-likeness (QED) is 0.942. The normalized spacial score (nSPS) is 16.1. The van der Waals surface area contributed by atoms with E-state index in [4.69, 9.17) is 11.6 Å². The van der Waals surface area contributed by atoms with E-state index in [1.54, 1.807) is 30.6 Å². The second kappa shape index (κ2) is 5.20. The van der Waals surface area contributed by atoms with Crippen LogP contribution in [-0.4, -0.2) is 29.2 Å². The maximum atomic E-state index is 12.4. The molecule has 0 unspecified atom stereocenters. The Hall–Kier alpha value is -1.37. The lowest BCUT2D eigenvalue weighted by molar-refractivity contribution is 0.385. The molecule has 106 valence electrons. The molecule has 0 fully saturated rings. The Balaban J connectivity index is 1.77. The van der Waals surface area contributed by atoms with Crippen LogP contribution in [0.3, 0.4) is 0 Å². The molecule has 1 N–H and O–H groups in total. The van der Waals surface area contributed by atoms with Crippen LogP contribution in [0, 0.1) is 0 Å². The first-order chi connectivity index (χ1) is 9.54. The topological polar surface area (TPSA) is 66.1 Å². The van der Waals surface area contributed by atoms with Crippen LogP contribution in [0.25, 0.3) is 0 Å². The number of nitrogens with one attached hydrogen (secondary N) is 1. The van der Waals surface area contributed by atoms with Gasteiger partial charge in [-0.15, -0.1) is 0 Å². The molecule has 0 aliphatic carbocycles. The van der Waals surface area contributed by atoms with Gasteiger partial charge in [-0.2, -0.15) is 4.31 Å². The highest BCUT2D eigenvalue weighted by Crippen LogP contribution is 2.21. The van der Waals surface area contributed by atoms with Gasteiger partial charge in [0.05, 0.1) is 30.0 Å². The SMILES string of the molecule is O=S(=O)(Cc1ccc(Cl)cc1)N1CCc2nc[nH]c2C1. The summed E-state index contributed by atoms with van der Waals surface area (Å²) in [4.78, 5) is 7.17. The molecule has 0 spiro atoms. The molecule has 0 amide bonds. The van der Waals surface area contributed by atoms with Gasteiger partial charge in [0.25, 0.3) is 0 Å². The van der Waals surface area contributed by atoms with Gasteiger partial charge in [0.1, 0.15) is 0 Å². The summed E-state index contributed by atoms with van der Waals surface area (Å²) in [6.07, 6.45) is 2.26. The van der Waals surface area contributed by atoms with Crippen LogP contribution < -0.4 is 0 Å². The minimum atomic E-state index is -3.33. The molecule has 0 bridgehead atoms. The number of nitrogens with zero attached hydrogens (tertiary/aromatic N) is 2. The van der Waals surface area contributed by atoms with Gasteiger partial charge in [-0.3, -0.25) is 0 Å². The number of aromatic amines is 1. The van der Waals surface area contributed by atoms with Crippen molar-refractivity contribution in [3.05, 3.63) is 52.6 Å². The highest BCUT2D eigenvalue weighted by molar-refractivity contribution is 7.88. The summed E-state index contributed by atoms with van der Waals surface area (Å²) >= 11 is 5.80. The zero-order chi connectivity index (χ0) is 14.2. The van der Waals surface area contributed by atoms with E-state index in [0.29, 0.717) is 24.5 Å². The smallest absolute Gasteiger partial charge is 0.218 e. The molecule has 0 saturated heterocycles. The molecule has 2 heterocycles. The molecule has 0 radical (unpaired) electrons. The minimum Gasteiger partial charge on any atom is -0.347 e. The van der Waals surface area contributed by atoms with Crippen LogP contribution in [0.5, 0.6) is 0 Å². The van der Waals surface area contributed by atoms with Crippen molar-refractivity contribution in [2.45, 2.75) is 18.7 Å². The Kier molecular flexibility index (Phi) is 3.54.